The maximum absolute atomic E-state index is 12.2. The second-order valence-electron chi connectivity index (χ2n) is 5.18. The lowest BCUT2D eigenvalue weighted by Gasteiger charge is -2.40. The summed E-state index contributed by atoms with van der Waals surface area (Å²) in [6, 6.07) is 0.0229. The van der Waals surface area contributed by atoms with Gasteiger partial charge in [0.05, 0.1) is 5.54 Å². The van der Waals surface area contributed by atoms with Gasteiger partial charge in [0.2, 0.25) is 5.91 Å². The zero-order chi connectivity index (χ0) is 12.9. The number of amides is 1. The predicted molar refractivity (Wildman–Crippen MR) is 67.8 cm³/mol. The fourth-order valence-corrected chi connectivity index (χ4v) is 2.03. The van der Waals surface area contributed by atoms with Gasteiger partial charge in [-0.25, -0.2) is 0 Å². The molecule has 1 atom stereocenters. The standard InChI is InChI=1S/C12H25N3O2/c1-10(4-9-16)14-11(17)12(2,3)15-7-5-13-6-8-15/h10,13,16H,4-9H2,1-3H3,(H,14,17). The first-order valence-electron chi connectivity index (χ1n) is 6.36. The molecule has 100 valence electrons. The lowest BCUT2D eigenvalue weighted by atomic mass is 9.99. The van der Waals surface area contributed by atoms with Gasteiger partial charge in [-0.15, -0.1) is 0 Å². The van der Waals surface area contributed by atoms with Gasteiger partial charge >= 0.3 is 0 Å². The van der Waals surface area contributed by atoms with E-state index in [0.29, 0.717) is 6.42 Å². The Morgan fingerprint density at radius 3 is 2.59 bits per heavy atom. The van der Waals surface area contributed by atoms with Crippen LogP contribution in [0.3, 0.4) is 0 Å². The summed E-state index contributed by atoms with van der Waals surface area (Å²) in [5.74, 6) is 0.0420. The minimum Gasteiger partial charge on any atom is -0.396 e. The lowest BCUT2D eigenvalue weighted by Crippen LogP contribution is -2.60. The number of hydrogen-bond donors (Lipinski definition) is 3. The second kappa shape index (κ2) is 6.33. The molecule has 1 saturated heterocycles. The highest BCUT2D eigenvalue weighted by Gasteiger charge is 2.35. The molecule has 1 fully saturated rings. The maximum atomic E-state index is 12.2. The van der Waals surface area contributed by atoms with E-state index in [1.807, 2.05) is 20.8 Å². The van der Waals surface area contributed by atoms with E-state index in [1.165, 1.54) is 0 Å². The van der Waals surface area contributed by atoms with Crippen molar-refractivity contribution in [2.24, 2.45) is 0 Å². The predicted octanol–water partition coefficient (Wildman–Crippen LogP) is -0.443. The lowest BCUT2D eigenvalue weighted by molar-refractivity contribution is -0.132. The number of carbonyl (C=O) groups is 1. The van der Waals surface area contributed by atoms with Crippen LogP contribution in [0.2, 0.25) is 0 Å². The average Bonchev–Trinajstić information content (AvgIpc) is 2.30. The first kappa shape index (κ1) is 14.4. The van der Waals surface area contributed by atoms with E-state index in [1.54, 1.807) is 0 Å². The van der Waals surface area contributed by atoms with Gasteiger partial charge in [-0.05, 0) is 27.2 Å². The third-order valence-corrected chi connectivity index (χ3v) is 3.40. The van der Waals surface area contributed by atoms with Crippen LogP contribution in [-0.2, 0) is 4.79 Å². The van der Waals surface area contributed by atoms with Gasteiger partial charge in [0.25, 0.3) is 0 Å². The number of nitrogens with zero attached hydrogens (tertiary/aromatic N) is 1. The molecule has 0 spiro atoms. The molecule has 0 aliphatic carbocycles. The number of piperazine rings is 1. The van der Waals surface area contributed by atoms with E-state index < -0.39 is 5.54 Å². The number of carbonyl (C=O) groups excluding carboxylic acids is 1. The van der Waals surface area contributed by atoms with Gasteiger partial charge in [-0.2, -0.15) is 0 Å². The Morgan fingerprint density at radius 2 is 2.06 bits per heavy atom. The van der Waals surface area contributed by atoms with Crippen LogP contribution in [0.15, 0.2) is 0 Å². The molecule has 0 bridgehead atoms. The Bertz CT molecular complexity index is 250. The third-order valence-electron chi connectivity index (χ3n) is 3.40. The number of nitrogens with one attached hydrogen (secondary N) is 2. The summed E-state index contributed by atoms with van der Waals surface area (Å²) >= 11 is 0. The topological polar surface area (TPSA) is 64.6 Å². The first-order valence-corrected chi connectivity index (χ1v) is 6.36. The van der Waals surface area contributed by atoms with Crippen molar-refractivity contribution in [3.63, 3.8) is 0 Å². The van der Waals surface area contributed by atoms with Crippen molar-refractivity contribution in [2.75, 3.05) is 32.8 Å². The zero-order valence-corrected chi connectivity index (χ0v) is 11.1. The minimum absolute atomic E-state index is 0.0229. The Balaban J connectivity index is 2.52. The van der Waals surface area contributed by atoms with Crippen LogP contribution in [0.5, 0.6) is 0 Å². The molecule has 5 nitrogen and oxygen atoms in total. The zero-order valence-electron chi connectivity index (χ0n) is 11.1. The van der Waals surface area contributed by atoms with Gasteiger partial charge in [0, 0.05) is 38.8 Å². The SMILES string of the molecule is CC(CCO)NC(=O)C(C)(C)N1CCNCC1. The summed E-state index contributed by atoms with van der Waals surface area (Å²) in [7, 11) is 0. The molecule has 17 heavy (non-hydrogen) atoms. The summed E-state index contributed by atoms with van der Waals surface area (Å²) < 4.78 is 0. The fourth-order valence-electron chi connectivity index (χ4n) is 2.03. The quantitative estimate of drug-likeness (QED) is 0.612. The number of hydrogen-bond acceptors (Lipinski definition) is 4. The van der Waals surface area contributed by atoms with Gasteiger partial charge < -0.3 is 15.7 Å². The Morgan fingerprint density at radius 1 is 1.47 bits per heavy atom. The van der Waals surface area contributed by atoms with Crippen LogP contribution in [0.4, 0.5) is 0 Å². The smallest absolute Gasteiger partial charge is 0.240 e. The largest absolute Gasteiger partial charge is 0.396 e. The minimum atomic E-state index is -0.480. The van der Waals surface area contributed by atoms with Crippen LogP contribution >= 0.6 is 0 Å². The summed E-state index contributed by atoms with van der Waals surface area (Å²) in [4.78, 5) is 14.4. The first-order chi connectivity index (χ1) is 7.98. The normalized spacial score (nSPS) is 20.0. The van der Waals surface area contributed by atoms with Crippen LogP contribution in [0, 0.1) is 0 Å². The third kappa shape index (κ3) is 3.94. The van der Waals surface area contributed by atoms with Crippen molar-refractivity contribution >= 4 is 5.91 Å². The Labute approximate surface area is 104 Å². The molecule has 0 aromatic rings. The summed E-state index contributed by atoms with van der Waals surface area (Å²) in [6.07, 6.45) is 0.601. The molecular formula is C12H25N3O2. The monoisotopic (exact) mass is 243 g/mol. The molecular weight excluding hydrogens is 218 g/mol. The van der Waals surface area contributed by atoms with E-state index >= 15 is 0 Å². The highest BCUT2D eigenvalue weighted by molar-refractivity contribution is 5.85. The molecule has 0 aromatic heterocycles. The summed E-state index contributed by atoms with van der Waals surface area (Å²) in [6.45, 7) is 9.60. The van der Waals surface area contributed by atoms with E-state index in [0.717, 1.165) is 26.2 Å². The number of aliphatic hydroxyl groups is 1. The van der Waals surface area contributed by atoms with E-state index in [9.17, 15) is 4.79 Å². The van der Waals surface area contributed by atoms with E-state index in [4.69, 9.17) is 5.11 Å². The van der Waals surface area contributed by atoms with E-state index in [-0.39, 0.29) is 18.6 Å². The molecule has 5 heteroatoms. The molecule has 1 aliphatic heterocycles. The molecule has 1 unspecified atom stereocenters. The molecule has 0 aromatic carbocycles. The second-order valence-corrected chi connectivity index (χ2v) is 5.18. The average molecular weight is 243 g/mol. The van der Waals surface area contributed by atoms with Crippen molar-refractivity contribution in [1.29, 1.82) is 0 Å². The molecule has 1 amide bonds. The van der Waals surface area contributed by atoms with Gasteiger partial charge in [-0.1, -0.05) is 0 Å². The Hall–Kier alpha value is -0.650. The molecule has 1 heterocycles. The van der Waals surface area contributed by atoms with Crippen LogP contribution in [0.25, 0.3) is 0 Å². The molecule has 3 N–H and O–H groups in total. The Kier molecular flexibility index (Phi) is 5.36. The molecule has 1 aliphatic rings. The molecule has 0 radical (unpaired) electrons. The molecule has 1 rings (SSSR count). The van der Waals surface area contributed by atoms with Crippen molar-refractivity contribution in [3.8, 4) is 0 Å². The molecule has 0 saturated carbocycles. The van der Waals surface area contributed by atoms with Crippen LogP contribution in [-0.4, -0.2) is 60.3 Å². The number of rotatable bonds is 5. The summed E-state index contributed by atoms with van der Waals surface area (Å²) in [5, 5.41) is 15.1. The van der Waals surface area contributed by atoms with Gasteiger partial charge in [0.15, 0.2) is 0 Å². The van der Waals surface area contributed by atoms with Gasteiger partial charge in [0.1, 0.15) is 0 Å². The highest BCUT2D eigenvalue weighted by atomic mass is 16.3. The van der Waals surface area contributed by atoms with Crippen LogP contribution in [0.1, 0.15) is 27.2 Å². The maximum Gasteiger partial charge on any atom is 0.240 e. The van der Waals surface area contributed by atoms with E-state index in [2.05, 4.69) is 15.5 Å². The van der Waals surface area contributed by atoms with Crippen LogP contribution < -0.4 is 10.6 Å². The van der Waals surface area contributed by atoms with Crippen molar-refractivity contribution in [2.45, 2.75) is 38.8 Å². The van der Waals surface area contributed by atoms with Crippen molar-refractivity contribution < 1.29 is 9.90 Å². The number of aliphatic hydroxyl groups excluding tert-OH is 1. The summed E-state index contributed by atoms with van der Waals surface area (Å²) in [5.41, 5.74) is -0.480. The van der Waals surface area contributed by atoms with Crippen molar-refractivity contribution in [1.82, 2.24) is 15.5 Å². The van der Waals surface area contributed by atoms with Gasteiger partial charge in [-0.3, -0.25) is 9.69 Å². The fraction of sp³-hybridized carbons (Fsp3) is 0.917. The highest BCUT2D eigenvalue weighted by Crippen LogP contribution is 2.15. The van der Waals surface area contributed by atoms with Crippen molar-refractivity contribution in [3.05, 3.63) is 0 Å².